The molecule has 0 bridgehead atoms. The summed E-state index contributed by atoms with van der Waals surface area (Å²) in [5.74, 6) is 2.11. The molecule has 0 saturated carbocycles. The molecule has 0 atom stereocenters. The van der Waals surface area contributed by atoms with Crippen LogP contribution in [0.1, 0.15) is 11.1 Å². The van der Waals surface area contributed by atoms with Gasteiger partial charge in [-0.15, -0.1) is 11.8 Å². The van der Waals surface area contributed by atoms with Crippen molar-refractivity contribution >= 4 is 40.0 Å². The SMILES string of the molecule is COc1cc(C2=NCCS2)cc(Cl)c1OCc1ccccc1Cl. The molecule has 0 spiro atoms. The summed E-state index contributed by atoms with van der Waals surface area (Å²) in [7, 11) is 1.60. The fourth-order valence-electron chi connectivity index (χ4n) is 2.26. The molecular formula is C17H15Cl2NO2S. The van der Waals surface area contributed by atoms with E-state index in [1.807, 2.05) is 36.4 Å². The molecule has 0 aromatic heterocycles. The first-order valence-corrected chi connectivity index (χ1v) is 8.84. The fourth-order valence-corrected chi connectivity index (χ4v) is 3.56. The maximum atomic E-state index is 6.40. The van der Waals surface area contributed by atoms with E-state index < -0.39 is 0 Å². The highest BCUT2D eigenvalue weighted by molar-refractivity contribution is 8.14. The van der Waals surface area contributed by atoms with E-state index in [9.17, 15) is 0 Å². The van der Waals surface area contributed by atoms with Crippen LogP contribution in [-0.4, -0.2) is 24.5 Å². The van der Waals surface area contributed by atoms with Crippen molar-refractivity contribution in [2.75, 3.05) is 19.4 Å². The summed E-state index contributed by atoms with van der Waals surface area (Å²) < 4.78 is 11.3. The van der Waals surface area contributed by atoms with Gasteiger partial charge in [0.25, 0.3) is 0 Å². The molecule has 120 valence electrons. The monoisotopic (exact) mass is 367 g/mol. The number of halogens is 2. The van der Waals surface area contributed by atoms with Crippen LogP contribution in [0.25, 0.3) is 0 Å². The molecule has 23 heavy (non-hydrogen) atoms. The van der Waals surface area contributed by atoms with Crippen molar-refractivity contribution in [1.82, 2.24) is 0 Å². The lowest BCUT2D eigenvalue weighted by Gasteiger charge is -2.14. The average Bonchev–Trinajstić information content (AvgIpc) is 3.09. The second-order valence-corrected chi connectivity index (χ2v) is 6.80. The van der Waals surface area contributed by atoms with Gasteiger partial charge in [0, 0.05) is 28.4 Å². The Morgan fingerprint density at radius 1 is 1.17 bits per heavy atom. The third-order valence-electron chi connectivity index (χ3n) is 3.39. The van der Waals surface area contributed by atoms with E-state index in [0.717, 1.165) is 28.5 Å². The van der Waals surface area contributed by atoms with E-state index in [1.165, 1.54) is 0 Å². The van der Waals surface area contributed by atoms with Crippen LogP contribution in [0.3, 0.4) is 0 Å². The highest BCUT2D eigenvalue weighted by Crippen LogP contribution is 2.38. The molecule has 2 aromatic rings. The highest BCUT2D eigenvalue weighted by Gasteiger charge is 2.17. The standard InChI is InChI=1S/C17H15Cl2NO2S/c1-21-15-9-12(17-20-6-7-23-17)8-14(19)16(15)22-10-11-4-2-3-5-13(11)18/h2-5,8-9H,6-7,10H2,1H3. The minimum Gasteiger partial charge on any atom is -0.493 e. The lowest BCUT2D eigenvalue weighted by Crippen LogP contribution is -2.01. The Kier molecular flexibility index (Phi) is 5.36. The van der Waals surface area contributed by atoms with Gasteiger partial charge in [-0.05, 0) is 18.2 Å². The lowest BCUT2D eigenvalue weighted by atomic mass is 10.2. The topological polar surface area (TPSA) is 30.8 Å². The second kappa shape index (κ2) is 7.47. The first-order chi connectivity index (χ1) is 11.2. The van der Waals surface area contributed by atoms with Gasteiger partial charge in [-0.25, -0.2) is 0 Å². The van der Waals surface area contributed by atoms with Crippen LogP contribution in [0, 0.1) is 0 Å². The van der Waals surface area contributed by atoms with Gasteiger partial charge in [-0.1, -0.05) is 41.4 Å². The van der Waals surface area contributed by atoms with Gasteiger partial charge in [0.05, 0.1) is 17.2 Å². The van der Waals surface area contributed by atoms with E-state index in [1.54, 1.807) is 18.9 Å². The number of hydrogen-bond donors (Lipinski definition) is 0. The van der Waals surface area contributed by atoms with Crippen molar-refractivity contribution in [2.24, 2.45) is 4.99 Å². The number of hydrogen-bond acceptors (Lipinski definition) is 4. The van der Waals surface area contributed by atoms with Gasteiger partial charge in [-0.2, -0.15) is 0 Å². The lowest BCUT2D eigenvalue weighted by molar-refractivity contribution is 0.285. The maximum Gasteiger partial charge on any atom is 0.180 e. The van der Waals surface area contributed by atoms with E-state index in [2.05, 4.69) is 4.99 Å². The molecule has 0 N–H and O–H groups in total. The molecule has 3 nitrogen and oxygen atoms in total. The number of nitrogens with zero attached hydrogens (tertiary/aromatic N) is 1. The van der Waals surface area contributed by atoms with Gasteiger partial charge in [0.15, 0.2) is 11.5 Å². The summed E-state index contributed by atoms with van der Waals surface area (Å²) in [5.41, 5.74) is 1.85. The molecule has 2 aromatic carbocycles. The molecule has 0 radical (unpaired) electrons. The first-order valence-electron chi connectivity index (χ1n) is 7.10. The summed E-state index contributed by atoms with van der Waals surface area (Å²) in [5, 5.41) is 2.15. The molecule has 0 aliphatic carbocycles. The predicted molar refractivity (Wildman–Crippen MR) is 97.7 cm³/mol. The van der Waals surface area contributed by atoms with Crippen molar-refractivity contribution in [3.05, 3.63) is 57.6 Å². The number of rotatable bonds is 5. The quantitative estimate of drug-likeness (QED) is 0.738. The predicted octanol–water partition coefficient (Wildman–Crippen LogP) is 5.07. The van der Waals surface area contributed by atoms with Crippen LogP contribution in [0.5, 0.6) is 11.5 Å². The number of aliphatic imine (C=N–C) groups is 1. The van der Waals surface area contributed by atoms with Crippen molar-refractivity contribution in [1.29, 1.82) is 0 Å². The second-order valence-electron chi connectivity index (χ2n) is 4.90. The molecular weight excluding hydrogens is 353 g/mol. The molecule has 3 rings (SSSR count). The van der Waals surface area contributed by atoms with Crippen LogP contribution in [0.4, 0.5) is 0 Å². The molecule has 0 saturated heterocycles. The Bertz CT molecular complexity index is 749. The van der Waals surface area contributed by atoms with Crippen molar-refractivity contribution in [2.45, 2.75) is 6.61 Å². The Hall–Kier alpha value is -1.36. The van der Waals surface area contributed by atoms with Gasteiger partial charge in [0.2, 0.25) is 0 Å². The Morgan fingerprint density at radius 2 is 2.00 bits per heavy atom. The van der Waals surface area contributed by atoms with E-state index >= 15 is 0 Å². The third kappa shape index (κ3) is 3.77. The minimum absolute atomic E-state index is 0.324. The molecule has 1 aliphatic heterocycles. The normalized spacial score (nSPS) is 13.8. The zero-order valence-electron chi connectivity index (χ0n) is 12.5. The molecule has 1 aliphatic rings. The smallest absolute Gasteiger partial charge is 0.180 e. The zero-order valence-corrected chi connectivity index (χ0v) is 14.8. The Morgan fingerprint density at radius 3 is 2.70 bits per heavy atom. The molecule has 1 heterocycles. The fraction of sp³-hybridized carbons (Fsp3) is 0.235. The van der Waals surface area contributed by atoms with E-state index in [0.29, 0.717) is 28.2 Å². The number of thioether (sulfide) groups is 1. The summed E-state index contributed by atoms with van der Waals surface area (Å²) in [6.07, 6.45) is 0. The van der Waals surface area contributed by atoms with Crippen molar-refractivity contribution in [3.8, 4) is 11.5 Å². The van der Waals surface area contributed by atoms with Crippen molar-refractivity contribution in [3.63, 3.8) is 0 Å². The Balaban J connectivity index is 1.85. The van der Waals surface area contributed by atoms with Gasteiger partial charge in [0.1, 0.15) is 6.61 Å². The zero-order chi connectivity index (χ0) is 16.2. The first kappa shape index (κ1) is 16.5. The minimum atomic E-state index is 0.324. The summed E-state index contributed by atoms with van der Waals surface area (Å²) in [6, 6.07) is 11.3. The molecule has 0 fully saturated rings. The van der Waals surface area contributed by atoms with Crippen LogP contribution >= 0.6 is 35.0 Å². The van der Waals surface area contributed by atoms with Crippen LogP contribution in [-0.2, 0) is 6.61 Å². The van der Waals surface area contributed by atoms with Crippen LogP contribution < -0.4 is 9.47 Å². The molecule has 0 amide bonds. The van der Waals surface area contributed by atoms with Gasteiger partial charge < -0.3 is 9.47 Å². The Labute approximate surface area is 149 Å². The summed E-state index contributed by atoms with van der Waals surface area (Å²) >= 11 is 14.3. The number of benzene rings is 2. The van der Waals surface area contributed by atoms with Crippen LogP contribution in [0.15, 0.2) is 41.4 Å². The average molecular weight is 368 g/mol. The van der Waals surface area contributed by atoms with E-state index in [4.69, 9.17) is 32.7 Å². The summed E-state index contributed by atoms with van der Waals surface area (Å²) in [6.45, 7) is 1.16. The van der Waals surface area contributed by atoms with Gasteiger partial charge in [-0.3, -0.25) is 4.99 Å². The third-order valence-corrected chi connectivity index (χ3v) is 5.07. The van der Waals surface area contributed by atoms with Gasteiger partial charge >= 0.3 is 0 Å². The summed E-state index contributed by atoms with van der Waals surface area (Å²) in [4.78, 5) is 4.46. The maximum absolute atomic E-state index is 6.40. The number of methoxy groups -OCH3 is 1. The molecule has 0 unspecified atom stereocenters. The highest BCUT2D eigenvalue weighted by atomic mass is 35.5. The number of ether oxygens (including phenoxy) is 2. The largest absolute Gasteiger partial charge is 0.493 e. The van der Waals surface area contributed by atoms with E-state index in [-0.39, 0.29) is 0 Å². The molecule has 6 heteroatoms. The van der Waals surface area contributed by atoms with Crippen molar-refractivity contribution < 1.29 is 9.47 Å². The van der Waals surface area contributed by atoms with Crippen LogP contribution in [0.2, 0.25) is 10.0 Å².